The number of aryl methyl sites for hydroxylation is 2. The van der Waals surface area contributed by atoms with E-state index in [1.165, 1.54) is 17.0 Å². The molecule has 1 heterocycles. The lowest BCUT2D eigenvalue weighted by Gasteiger charge is -2.10. The molecule has 0 N–H and O–H groups in total. The number of rotatable bonds is 5. The molecule has 0 amide bonds. The number of aromatic nitrogens is 2. The minimum atomic E-state index is 0.121. The third-order valence-corrected chi connectivity index (χ3v) is 3.34. The minimum Gasteiger partial charge on any atom is -0.269 e. The van der Waals surface area contributed by atoms with Gasteiger partial charge in [-0.2, -0.15) is 5.10 Å². The van der Waals surface area contributed by atoms with E-state index in [1.54, 1.807) is 0 Å². The van der Waals surface area contributed by atoms with Gasteiger partial charge >= 0.3 is 0 Å². The van der Waals surface area contributed by atoms with Crippen LogP contribution in [0.15, 0.2) is 0 Å². The average Bonchev–Trinajstić information content (AvgIpc) is 2.65. The Balaban J connectivity index is 3.24. The molecule has 0 fully saturated rings. The zero-order valence-electron chi connectivity index (χ0n) is 10.2. The smallest absolute Gasteiger partial charge is 0.0671 e. The standard InChI is InChI=1S/C12H21ClN2/c1-5-9(13)12-10(6-2)14-15(8-4)11(12)7-3/h9H,5-8H2,1-4H3. The maximum absolute atomic E-state index is 6.38. The summed E-state index contributed by atoms with van der Waals surface area (Å²) in [4.78, 5) is 0. The van der Waals surface area contributed by atoms with Crippen molar-refractivity contribution < 1.29 is 0 Å². The highest BCUT2D eigenvalue weighted by atomic mass is 35.5. The van der Waals surface area contributed by atoms with Crippen molar-refractivity contribution in [3.63, 3.8) is 0 Å². The van der Waals surface area contributed by atoms with Gasteiger partial charge in [-0.1, -0.05) is 20.8 Å². The van der Waals surface area contributed by atoms with Gasteiger partial charge in [0.25, 0.3) is 0 Å². The van der Waals surface area contributed by atoms with E-state index >= 15 is 0 Å². The van der Waals surface area contributed by atoms with Crippen LogP contribution in [0.25, 0.3) is 0 Å². The van der Waals surface area contributed by atoms with Crippen molar-refractivity contribution in [3.05, 3.63) is 17.0 Å². The first-order valence-corrected chi connectivity index (χ1v) is 6.35. The first-order valence-electron chi connectivity index (χ1n) is 5.91. The van der Waals surface area contributed by atoms with Crippen LogP contribution in [0.2, 0.25) is 0 Å². The van der Waals surface area contributed by atoms with Gasteiger partial charge in [-0.15, -0.1) is 11.6 Å². The number of hydrogen-bond acceptors (Lipinski definition) is 1. The Bertz CT molecular complexity index is 318. The summed E-state index contributed by atoms with van der Waals surface area (Å²) in [6.45, 7) is 9.50. The molecule has 1 atom stereocenters. The average molecular weight is 229 g/mol. The molecule has 0 bridgehead atoms. The van der Waals surface area contributed by atoms with Gasteiger partial charge in [0.15, 0.2) is 0 Å². The molecular weight excluding hydrogens is 208 g/mol. The number of hydrogen-bond donors (Lipinski definition) is 0. The summed E-state index contributed by atoms with van der Waals surface area (Å²) in [6.07, 6.45) is 2.95. The van der Waals surface area contributed by atoms with Crippen LogP contribution < -0.4 is 0 Å². The number of halogens is 1. The Morgan fingerprint density at radius 3 is 2.27 bits per heavy atom. The van der Waals surface area contributed by atoms with Crippen molar-refractivity contribution in [2.24, 2.45) is 0 Å². The summed E-state index contributed by atoms with van der Waals surface area (Å²) in [6, 6.07) is 0. The van der Waals surface area contributed by atoms with E-state index in [0.717, 1.165) is 25.8 Å². The fourth-order valence-corrected chi connectivity index (χ4v) is 2.28. The van der Waals surface area contributed by atoms with Crippen LogP contribution >= 0.6 is 11.6 Å². The van der Waals surface area contributed by atoms with E-state index in [4.69, 9.17) is 11.6 Å². The van der Waals surface area contributed by atoms with Crippen LogP contribution in [0.3, 0.4) is 0 Å². The molecule has 1 aromatic rings. The van der Waals surface area contributed by atoms with Gasteiger partial charge in [0.1, 0.15) is 0 Å². The predicted octanol–water partition coefficient (Wildman–Crippen LogP) is 3.72. The van der Waals surface area contributed by atoms with Crippen molar-refractivity contribution in [2.75, 3.05) is 0 Å². The van der Waals surface area contributed by atoms with E-state index in [-0.39, 0.29) is 5.38 Å². The molecule has 0 radical (unpaired) electrons. The Labute approximate surface area is 97.6 Å². The van der Waals surface area contributed by atoms with Gasteiger partial charge in [-0.25, -0.2) is 0 Å². The van der Waals surface area contributed by atoms with Gasteiger partial charge < -0.3 is 0 Å². The maximum Gasteiger partial charge on any atom is 0.0671 e. The summed E-state index contributed by atoms with van der Waals surface area (Å²) in [5.41, 5.74) is 3.78. The minimum absolute atomic E-state index is 0.121. The second-order valence-electron chi connectivity index (χ2n) is 3.71. The third kappa shape index (κ3) is 2.36. The highest BCUT2D eigenvalue weighted by Crippen LogP contribution is 2.30. The second-order valence-corrected chi connectivity index (χ2v) is 4.23. The van der Waals surface area contributed by atoms with E-state index in [1.807, 2.05) is 0 Å². The Kier molecular flexibility index (Phi) is 4.65. The van der Waals surface area contributed by atoms with Gasteiger partial charge in [-0.05, 0) is 26.2 Å². The SMILES string of the molecule is CCc1nn(CC)c(CC)c1C(Cl)CC. The van der Waals surface area contributed by atoms with Gasteiger partial charge in [0.2, 0.25) is 0 Å². The zero-order valence-corrected chi connectivity index (χ0v) is 10.9. The molecule has 3 heteroatoms. The van der Waals surface area contributed by atoms with E-state index in [9.17, 15) is 0 Å². The molecule has 0 aliphatic heterocycles. The lowest BCUT2D eigenvalue weighted by atomic mass is 10.0. The van der Waals surface area contributed by atoms with E-state index in [2.05, 4.69) is 37.5 Å². The zero-order chi connectivity index (χ0) is 11.4. The van der Waals surface area contributed by atoms with Crippen molar-refractivity contribution >= 4 is 11.6 Å². The molecule has 1 unspecified atom stereocenters. The number of alkyl halides is 1. The summed E-state index contributed by atoms with van der Waals surface area (Å²) in [7, 11) is 0. The van der Waals surface area contributed by atoms with E-state index < -0.39 is 0 Å². The first kappa shape index (κ1) is 12.6. The molecule has 1 rings (SSSR count). The Morgan fingerprint density at radius 2 is 1.87 bits per heavy atom. The van der Waals surface area contributed by atoms with Gasteiger partial charge in [0, 0.05) is 17.8 Å². The summed E-state index contributed by atoms with van der Waals surface area (Å²) < 4.78 is 2.10. The van der Waals surface area contributed by atoms with Crippen LogP contribution in [0, 0.1) is 0 Å². The summed E-state index contributed by atoms with van der Waals surface area (Å²) in [5.74, 6) is 0. The molecule has 0 aliphatic carbocycles. The van der Waals surface area contributed by atoms with Crippen LogP contribution in [0.5, 0.6) is 0 Å². The molecular formula is C12H21ClN2. The van der Waals surface area contributed by atoms with Crippen LogP contribution in [-0.2, 0) is 19.4 Å². The lowest BCUT2D eigenvalue weighted by Crippen LogP contribution is -2.03. The molecule has 1 aromatic heterocycles. The van der Waals surface area contributed by atoms with Crippen molar-refractivity contribution in [2.45, 2.75) is 58.9 Å². The van der Waals surface area contributed by atoms with Crippen LogP contribution in [0.4, 0.5) is 0 Å². The quantitative estimate of drug-likeness (QED) is 0.703. The molecule has 0 saturated heterocycles. The lowest BCUT2D eigenvalue weighted by molar-refractivity contribution is 0.616. The monoisotopic (exact) mass is 228 g/mol. The van der Waals surface area contributed by atoms with E-state index in [0.29, 0.717) is 0 Å². The predicted molar refractivity (Wildman–Crippen MR) is 65.5 cm³/mol. The molecule has 0 saturated carbocycles. The molecule has 0 aromatic carbocycles. The largest absolute Gasteiger partial charge is 0.269 e. The fourth-order valence-electron chi connectivity index (χ4n) is 2.03. The van der Waals surface area contributed by atoms with Crippen molar-refractivity contribution in [1.29, 1.82) is 0 Å². The normalized spacial score (nSPS) is 13.1. The Hall–Kier alpha value is -0.500. The highest BCUT2D eigenvalue weighted by Gasteiger charge is 2.19. The first-order chi connectivity index (χ1) is 7.19. The third-order valence-electron chi connectivity index (χ3n) is 2.82. The molecule has 15 heavy (non-hydrogen) atoms. The molecule has 0 aliphatic rings. The highest BCUT2D eigenvalue weighted by molar-refractivity contribution is 6.20. The van der Waals surface area contributed by atoms with Crippen LogP contribution in [0.1, 0.15) is 56.4 Å². The fraction of sp³-hybridized carbons (Fsp3) is 0.750. The molecule has 86 valence electrons. The molecule has 2 nitrogen and oxygen atoms in total. The van der Waals surface area contributed by atoms with Crippen molar-refractivity contribution in [1.82, 2.24) is 9.78 Å². The summed E-state index contributed by atoms with van der Waals surface area (Å²) >= 11 is 6.38. The van der Waals surface area contributed by atoms with Crippen molar-refractivity contribution in [3.8, 4) is 0 Å². The second kappa shape index (κ2) is 5.55. The maximum atomic E-state index is 6.38. The Morgan fingerprint density at radius 1 is 1.20 bits per heavy atom. The van der Waals surface area contributed by atoms with Gasteiger partial charge in [0.05, 0.1) is 11.1 Å². The van der Waals surface area contributed by atoms with Crippen LogP contribution in [-0.4, -0.2) is 9.78 Å². The summed E-state index contributed by atoms with van der Waals surface area (Å²) in [5, 5.41) is 4.74. The topological polar surface area (TPSA) is 17.8 Å². The number of nitrogens with zero attached hydrogens (tertiary/aromatic N) is 2. The molecule has 0 spiro atoms. The van der Waals surface area contributed by atoms with Gasteiger partial charge in [-0.3, -0.25) is 4.68 Å².